The molecule has 1 unspecified atom stereocenters. The van der Waals surface area contributed by atoms with Crippen molar-refractivity contribution in [1.82, 2.24) is 10.2 Å². The first kappa shape index (κ1) is 14.6. The van der Waals surface area contributed by atoms with Crippen LogP contribution in [0.15, 0.2) is 11.4 Å². The SMILES string of the molecule is CCC1(C)NC(=O)N(Cc2sccc2C#CCO)C1=O. The molecule has 20 heavy (non-hydrogen) atoms. The highest BCUT2D eigenvalue weighted by Crippen LogP contribution is 2.25. The monoisotopic (exact) mass is 292 g/mol. The molecule has 3 amide bonds. The summed E-state index contributed by atoms with van der Waals surface area (Å²) in [5, 5.41) is 13.3. The number of hydrogen-bond acceptors (Lipinski definition) is 4. The molecule has 2 N–H and O–H groups in total. The second kappa shape index (κ2) is 5.65. The summed E-state index contributed by atoms with van der Waals surface area (Å²) in [6, 6.07) is 1.45. The summed E-state index contributed by atoms with van der Waals surface area (Å²) in [7, 11) is 0. The minimum Gasteiger partial charge on any atom is -0.384 e. The molecule has 0 aromatic carbocycles. The summed E-state index contributed by atoms with van der Waals surface area (Å²) < 4.78 is 0. The van der Waals surface area contributed by atoms with Gasteiger partial charge in [0.15, 0.2) is 0 Å². The number of nitrogens with zero attached hydrogens (tertiary/aromatic N) is 1. The fraction of sp³-hybridized carbons (Fsp3) is 0.429. The standard InChI is InChI=1S/C14H16N2O3S/c1-3-14(2)12(18)16(13(19)15-14)9-11-10(5-4-7-17)6-8-20-11/h6,8,17H,3,7,9H2,1-2H3,(H,15,19). The van der Waals surface area contributed by atoms with Gasteiger partial charge in [-0.2, -0.15) is 0 Å². The smallest absolute Gasteiger partial charge is 0.325 e. The molecule has 0 bridgehead atoms. The van der Waals surface area contributed by atoms with Gasteiger partial charge < -0.3 is 10.4 Å². The third-order valence-corrected chi connectivity index (χ3v) is 4.31. The van der Waals surface area contributed by atoms with Crippen molar-refractivity contribution >= 4 is 23.3 Å². The van der Waals surface area contributed by atoms with Crippen LogP contribution in [0.25, 0.3) is 0 Å². The minimum absolute atomic E-state index is 0.209. The second-order valence-electron chi connectivity index (χ2n) is 4.72. The zero-order chi connectivity index (χ0) is 14.8. The van der Waals surface area contributed by atoms with Gasteiger partial charge in [0.1, 0.15) is 12.1 Å². The van der Waals surface area contributed by atoms with E-state index in [2.05, 4.69) is 17.2 Å². The van der Waals surface area contributed by atoms with E-state index in [1.807, 2.05) is 18.4 Å². The predicted molar refractivity (Wildman–Crippen MR) is 76.1 cm³/mol. The molecule has 2 rings (SSSR count). The molecule has 1 fully saturated rings. The van der Waals surface area contributed by atoms with Crippen LogP contribution in [0.5, 0.6) is 0 Å². The number of nitrogens with one attached hydrogen (secondary N) is 1. The van der Waals surface area contributed by atoms with E-state index >= 15 is 0 Å². The Morgan fingerprint density at radius 1 is 1.50 bits per heavy atom. The molecule has 0 saturated carbocycles. The van der Waals surface area contributed by atoms with Crippen molar-refractivity contribution in [3.63, 3.8) is 0 Å². The maximum Gasteiger partial charge on any atom is 0.325 e. The number of carbonyl (C=O) groups excluding carboxylic acids is 2. The molecule has 1 atom stereocenters. The van der Waals surface area contributed by atoms with Crippen molar-refractivity contribution in [2.45, 2.75) is 32.4 Å². The number of amides is 3. The van der Waals surface area contributed by atoms with Crippen LogP contribution >= 0.6 is 11.3 Å². The Labute approximate surface area is 121 Å². The summed E-state index contributed by atoms with van der Waals surface area (Å²) in [6.07, 6.45) is 0.551. The molecule has 0 spiro atoms. The third kappa shape index (κ3) is 2.55. The lowest BCUT2D eigenvalue weighted by Gasteiger charge is -2.19. The highest BCUT2D eigenvalue weighted by Gasteiger charge is 2.46. The number of carbonyl (C=O) groups is 2. The van der Waals surface area contributed by atoms with Gasteiger partial charge >= 0.3 is 6.03 Å². The maximum atomic E-state index is 12.3. The van der Waals surface area contributed by atoms with Gasteiger partial charge in [0, 0.05) is 10.4 Å². The zero-order valence-corrected chi connectivity index (χ0v) is 12.2. The van der Waals surface area contributed by atoms with Crippen LogP contribution in [0, 0.1) is 11.8 Å². The Balaban J connectivity index is 2.21. The number of rotatable bonds is 3. The zero-order valence-electron chi connectivity index (χ0n) is 11.4. The summed E-state index contributed by atoms with van der Waals surface area (Å²) >= 11 is 1.44. The Morgan fingerprint density at radius 3 is 2.85 bits per heavy atom. The number of urea groups is 1. The third-order valence-electron chi connectivity index (χ3n) is 3.40. The van der Waals surface area contributed by atoms with Crippen molar-refractivity contribution in [2.24, 2.45) is 0 Å². The van der Waals surface area contributed by atoms with E-state index in [1.54, 1.807) is 6.92 Å². The first-order chi connectivity index (χ1) is 9.51. The number of hydrogen-bond donors (Lipinski definition) is 2. The molecule has 6 heteroatoms. The number of aliphatic hydroxyl groups excluding tert-OH is 1. The van der Waals surface area contributed by atoms with Crippen LogP contribution in [-0.2, 0) is 11.3 Å². The van der Waals surface area contributed by atoms with Crippen LogP contribution in [0.4, 0.5) is 4.79 Å². The molecule has 1 aromatic heterocycles. The van der Waals surface area contributed by atoms with E-state index in [0.717, 1.165) is 10.4 Å². The Bertz CT molecular complexity index is 599. The highest BCUT2D eigenvalue weighted by atomic mass is 32.1. The van der Waals surface area contributed by atoms with Gasteiger partial charge in [-0.1, -0.05) is 18.8 Å². The van der Waals surface area contributed by atoms with Crippen molar-refractivity contribution in [3.05, 3.63) is 21.9 Å². The highest BCUT2D eigenvalue weighted by molar-refractivity contribution is 7.10. The van der Waals surface area contributed by atoms with Crippen molar-refractivity contribution < 1.29 is 14.7 Å². The van der Waals surface area contributed by atoms with E-state index in [0.29, 0.717) is 6.42 Å². The molecule has 106 valence electrons. The number of aliphatic hydroxyl groups is 1. The topological polar surface area (TPSA) is 69.6 Å². The lowest BCUT2D eigenvalue weighted by atomic mass is 9.99. The van der Waals surface area contributed by atoms with E-state index in [-0.39, 0.29) is 25.1 Å². The Morgan fingerprint density at radius 2 is 2.25 bits per heavy atom. The van der Waals surface area contributed by atoms with Gasteiger partial charge in [-0.25, -0.2) is 4.79 Å². The van der Waals surface area contributed by atoms with Gasteiger partial charge in [-0.15, -0.1) is 11.3 Å². The van der Waals surface area contributed by atoms with E-state index in [1.165, 1.54) is 16.2 Å². The molecule has 0 aliphatic carbocycles. The minimum atomic E-state index is -0.814. The van der Waals surface area contributed by atoms with E-state index in [4.69, 9.17) is 5.11 Å². The van der Waals surface area contributed by atoms with Crippen molar-refractivity contribution in [2.75, 3.05) is 6.61 Å². The first-order valence-electron chi connectivity index (χ1n) is 6.32. The quantitative estimate of drug-likeness (QED) is 0.652. The van der Waals surface area contributed by atoms with Crippen molar-refractivity contribution in [3.8, 4) is 11.8 Å². The lowest BCUT2D eigenvalue weighted by molar-refractivity contribution is -0.131. The van der Waals surface area contributed by atoms with Crippen LogP contribution in [0.3, 0.4) is 0 Å². The predicted octanol–water partition coefficient (Wildman–Crippen LogP) is 1.31. The van der Waals surface area contributed by atoms with Gasteiger partial charge in [-0.05, 0) is 24.8 Å². The van der Waals surface area contributed by atoms with E-state index in [9.17, 15) is 9.59 Å². The van der Waals surface area contributed by atoms with Crippen LogP contribution in [-0.4, -0.2) is 34.1 Å². The average Bonchev–Trinajstić information content (AvgIpc) is 2.95. The van der Waals surface area contributed by atoms with Crippen molar-refractivity contribution in [1.29, 1.82) is 0 Å². The molecule has 1 saturated heterocycles. The van der Waals surface area contributed by atoms with E-state index < -0.39 is 5.54 Å². The lowest BCUT2D eigenvalue weighted by Crippen LogP contribution is -2.43. The van der Waals surface area contributed by atoms with Crippen LogP contribution in [0.2, 0.25) is 0 Å². The van der Waals surface area contributed by atoms with Gasteiger partial charge in [-0.3, -0.25) is 9.69 Å². The van der Waals surface area contributed by atoms with Crippen LogP contribution < -0.4 is 5.32 Å². The van der Waals surface area contributed by atoms with Gasteiger partial charge in [0.25, 0.3) is 5.91 Å². The van der Waals surface area contributed by atoms with Crippen LogP contribution in [0.1, 0.15) is 30.7 Å². The second-order valence-corrected chi connectivity index (χ2v) is 5.73. The largest absolute Gasteiger partial charge is 0.384 e. The molecule has 0 radical (unpaired) electrons. The summed E-state index contributed by atoms with van der Waals surface area (Å²) in [6.45, 7) is 3.60. The van der Waals surface area contributed by atoms with Gasteiger partial charge in [0.05, 0.1) is 6.54 Å². The molecule has 1 aliphatic rings. The first-order valence-corrected chi connectivity index (χ1v) is 7.20. The Kier molecular flexibility index (Phi) is 4.12. The fourth-order valence-corrected chi connectivity index (χ4v) is 2.80. The molecule has 1 aliphatic heterocycles. The fourth-order valence-electron chi connectivity index (χ4n) is 1.98. The normalized spacial score (nSPS) is 21.6. The number of imide groups is 1. The molecular weight excluding hydrogens is 276 g/mol. The molecule has 2 heterocycles. The summed E-state index contributed by atoms with van der Waals surface area (Å²) in [5.41, 5.74) is -0.0691. The average molecular weight is 292 g/mol. The molecule has 5 nitrogen and oxygen atoms in total. The van der Waals surface area contributed by atoms with Gasteiger partial charge in [0.2, 0.25) is 0 Å². The molecule has 1 aromatic rings. The maximum absolute atomic E-state index is 12.3. The molecular formula is C14H16N2O3S. The number of thiophene rings is 1. The summed E-state index contributed by atoms with van der Waals surface area (Å²) in [5.74, 6) is 5.19. The Hall–Kier alpha value is -1.84. The summed E-state index contributed by atoms with van der Waals surface area (Å²) in [4.78, 5) is 26.3.